The lowest BCUT2D eigenvalue weighted by molar-refractivity contribution is -0.139. The first-order valence-electron chi connectivity index (χ1n) is 10.5. The van der Waals surface area contributed by atoms with Gasteiger partial charge in [0.15, 0.2) is 9.84 Å². The first-order valence-corrected chi connectivity index (χ1v) is 12.7. The molecule has 1 atom stereocenters. The third kappa shape index (κ3) is 5.28. The molecule has 1 saturated heterocycles. The minimum Gasteiger partial charge on any atom is -0.465 e. The summed E-state index contributed by atoms with van der Waals surface area (Å²) in [6.45, 7) is 1.38. The highest BCUT2D eigenvalue weighted by atomic mass is 35.5. The molecule has 1 N–H and O–H groups in total. The molecule has 0 amide bonds. The van der Waals surface area contributed by atoms with Crippen LogP contribution in [0.15, 0.2) is 29.1 Å². The zero-order chi connectivity index (χ0) is 25.3. The van der Waals surface area contributed by atoms with Crippen LogP contribution in [0.5, 0.6) is 0 Å². The number of benzene rings is 1. The average Bonchev–Trinajstić information content (AvgIpc) is 3.32. The van der Waals surface area contributed by atoms with Gasteiger partial charge in [-0.1, -0.05) is 11.6 Å². The van der Waals surface area contributed by atoms with Gasteiger partial charge in [-0.3, -0.25) is 4.79 Å². The van der Waals surface area contributed by atoms with E-state index in [4.69, 9.17) is 16.3 Å². The molecule has 0 radical (unpaired) electrons. The molecule has 0 unspecified atom stereocenters. The summed E-state index contributed by atoms with van der Waals surface area (Å²) >= 11 is 6.40. The van der Waals surface area contributed by atoms with E-state index in [0.29, 0.717) is 17.7 Å². The number of halogens is 1. The molecule has 1 aliphatic heterocycles. The van der Waals surface area contributed by atoms with Gasteiger partial charge >= 0.3 is 11.9 Å². The number of aromatic amines is 1. The van der Waals surface area contributed by atoms with E-state index in [2.05, 4.69) is 19.8 Å². The van der Waals surface area contributed by atoms with Gasteiger partial charge in [0.05, 0.1) is 46.8 Å². The Labute approximate surface area is 204 Å². The van der Waals surface area contributed by atoms with Crippen molar-refractivity contribution >= 4 is 50.4 Å². The molecule has 0 bridgehead atoms. The molecule has 0 spiro atoms. The Morgan fingerprint density at radius 2 is 2.11 bits per heavy atom. The Morgan fingerprint density at radius 1 is 1.34 bits per heavy atom. The van der Waals surface area contributed by atoms with E-state index in [1.165, 1.54) is 36.1 Å². The average molecular weight is 521 g/mol. The van der Waals surface area contributed by atoms with Crippen LogP contribution >= 0.6 is 11.6 Å². The Morgan fingerprint density at radius 3 is 2.80 bits per heavy atom. The summed E-state index contributed by atoms with van der Waals surface area (Å²) in [5.41, 5.74) is 1.04. The van der Waals surface area contributed by atoms with Crippen LogP contribution in [0, 0.1) is 6.92 Å². The van der Waals surface area contributed by atoms with Crippen LogP contribution in [-0.2, 0) is 30.7 Å². The number of esters is 2. The van der Waals surface area contributed by atoms with E-state index < -0.39 is 27.3 Å². The van der Waals surface area contributed by atoms with Crippen LogP contribution in [0.2, 0.25) is 5.15 Å². The molecule has 4 rings (SSSR count). The number of hydrogen-bond donors (Lipinski definition) is 1. The van der Waals surface area contributed by atoms with Crippen molar-refractivity contribution in [2.45, 2.75) is 26.0 Å². The lowest BCUT2D eigenvalue weighted by atomic mass is 10.1. The zero-order valence-corrected chi connectivity index (χ0v) is 20.4. The highest BCUT2D eigenvalue weighted by Gasteiger charge is 2.31. The number of aromatic nitrogens is 4. The number of hydrogen-bond acceptors (Lipinski definition) is 9. The third-order valence-electron chi connectivity index (χ3n) is 5.54. The summed E-state index contributed by atoms with van der Waals surface area (Å²) in [5.74, 6) is -1.14. The fraction of sp³-hybridized carbons (Fsp3) is 0.318. The van der Waals surface area contributed by atoms with Gasteiger partial charge in [0, 0.05) is 11.6 Å². The number of ether oxygens (including phenoxy) is 2. The fourth-order valence-corrected chi connectivity index (χ4v) is 5.84. The summed E-state index contributed by atoms with van der Waals surface area (Å²) in [4.78, 5) is 43.1. The van der Waals surface area contributed by atoms with Crippen LogP contribution in [0.3, 0.4) is 0 Å². The zero-order valence-electron chi connectivity index (χ0n) is 18.8. The summed E-state index contributed by atoms with van der Waals surface area (Å²) in [6, 6.07) is 3.98. The molecule has 0 aliphatic carbocycles. The minimum absolute atomic E-state index is 0.0306. The van der Waals surface area contributed by atoms with Crippen LogP contribution in [0.25, 0.3) is 17.0 Å². The van der Waals surface area contributed by atoms with E-state index in [-0.39, 0.29) is 51.6 Å². The van der Waals surface area contributed by atoms with E-state index in [1.54, 1.807) is 6.92 Å². The van der Waals surface area contributed by atoms with Gasteiger partial charge in [0.2, 0.25) is 0 Å². The van der Waals surface area contributed by atoms with Crippen molar-refractivity contribution in [2.75, 3.05) is 18.6 Å². The van der Waals surface area contributed by atoms with Gasteiger partial charge in [-0.25, -0.2) is 27.7 Å². The van der Waals surface area contributed by atoms with Gasteiger partial charge < -0.3 is 14.5 Å². The predicted molar refractivity (Wildman–Crippen MR) is 127 cm³/mol. The van der Waals surface area contributed by atoms with Crippen molar-refractivity contribution in [1.82, 2.24) is 19.7 Å². The summed E-state index contributed by atoms with van der Waals surface area (Å²) in [7, 11) is -1.87. The Bertz CT molecular complexity index is 1520. The van der Waals surface area contributed by atoms with Crippen molar-refractivity contribution in [1.29, 1.82) is 0 Å². The van der Waals surface area contributed by atoms with E-state index in [0.717, 1.165) is 6.08 Å². The Hall–Kier alpha value is -3.51. The van der Waals surface area contributed by atoms with E-state index >= 15 is 0 Å². The standard InChI is InChI=1S/C22H21ClN4O7S/c1-12-15(20(23)27(26-12)14-7-8-35(31,32)11-14)5-6-19(28)34-10-18-24-17-9-13(22(30)33-2)3-4-16(17)21(29)25-18/h3-6,9,14H,7-8,10-11H2,1-2H3,(H,24,25,29)/b6-5+/t14-/m1/s1. The molecule has 1 aromatic carbocycles. The normalized spacial score (nSPS) is 17.2. The van der Waals surface area contributed by atoms with Crippen LogP contribution in [-0.4, -0.2) is 58.7 Å². The second kappa shape index (κ2) is 9.62. The van der Waals surface area contributed by atoms with Gasteiger partial charge in [0.25, 0.3) is 5.56 Å². The van der Waals surface area contributed by atoms with Crippen molar-refractivity contribution in [3.63, 3.8) is 0 Å². The molecule has 184 valence electrons. The monoisotopic (exact) mass is 520 g/mol. The number of H-pyrrole nitrogens is 1. The minimum atomic E-state index is -3.11. The van der Waals surface area contributed by atoms with E-state index in [9.17, 15) is 22.8 Å². The van der Waals surface area contributed by atoms with Gasteiger partial charge in [0.1, 0.15) is 17.6 Å². The number of aryl methyl sites for hydroxylation is 1. The van der Waals surface area contributed by atoms with Gasteiger partial charge in [-0.05, 0) is 37.6 Å². The smallest absolute Gasteiger partial charge is 0.337 e. The predicted octanol–water partition coefficient (Wildman–Crippen LogP) is 1.98. The maximum absolute atomic E-state index is 12.3. The van der Waals surface area contributed by atoms with Crippen molar-refractivity contribution < 1.29 is 27.5 Å². The number of nitrogens with one attached hydrogen (secondary N) is 1. The number of nitrogens with zero attached hydrogens (tertiary/aromatic N) is 3. The number of carbonyl (C=O) groups is 2. The molecule has 2 aromatic heterocycles. The molecule has 35 heavy (non-hydrogen) atoms. The van der Waals surface area contributed by atoms with Crippen LogP contribution < -0.4 is 5.56 Å². The molecule has 0 saturated carbocycles. The Kier molecular flexibility index (Phi) is 6.77. The SMILES string of the molecule is COC(=O)c1ccc2c(=O)[nH]c(COC(=O)/C=C/c3c(C)nn([C@@H]4CCS(=O)(=O)C4)c3Cl)nc2c1. The summed E-state index contributed by atoms with van der Waals surface area (Å²) in [6.07, 6.45) is 3.01. The highest BCUT2D eigenvalue weighted by molar-refractivity contribution is 7.91. The number of methoxy groups -OCH3 is 1. The molecule has 1 aliphatic rings. The molecular weight excluding hydrogens is 500 g/mol. The first kappa shape index (κ1) is 24.6. The number of rotatable bonds is 6. The topological polar surface area (TPSA) is 150 Å². The second-order valence-electron chi connectivity index (χ2n) is 7.97. The van der Waals surface area contributed by atoms with Gasteiger partial charge in [-0.15, -0.1) is 0 Å². The largest absolute Gasteiger partial charge is 0.465 e. The van der Waals surface area contributed by atoms with Crippen molar-refractivity contribution in [3.8, 4) is 0 Å². The number of sulfone groups is 1. The lowest BCUT2D eigenvalue weighted by Crippen LogP contribution is -2.14. The highest BCUT2D eigenvalue weighted by Crippen LogP contribution is 2.30. The fourth-order valence-electron chi connectivity index (χ4n) is 3.77. The maximum Gasteiger partial charge on any atom is 0.337 e. The molecule has 1 fully saturated rings. The number of fused-ring (bicyclic) bond motifs is 1. The second-order valence-corrected chi connectivity index (χ2v) is 10.6. The van der Waals surface area contributed by atoms with E-state index in [1.807, 2.05) is 0 Å². The van der Waals surface area contributed by atoms with Gasteiger partial charge in [-0.2, -0.15) is 5.10 Å². The summed E-state index contributed by atoms with van der Waals surface area (Å²) in [5, 5.41) is 4.83. The molecule has 11 nitrogen and oxygen atoms in total. The van der Waals surface area contributed by atoms with Crippen LogP contribution in [0.4, 0.5) is 0 Å². The molecule has 3 aromatic rings. The third-order valence-corrected chi connectivity index (χ3v) is 7.67. The summed E-state index contributed by atoms with van der Waals surface area (Å²) < 4.78 is 34.8. The quantitative estimate of drug-likeness (QED) is 0.380. The molecular formula is C22H21ClN4O7S. The van der Waals surface area contributed by atoms with Crippen molar-refractivity contribution in [3.05, 3.63) is 62.4 Å². The lowest BCUT2D eigenvalue weighted by Gasteiger charge is -2.09. The molecule has 3 heterocycles. The number of carbonyl (C=O) groups excluding carboxylic acids is 2. The first-order chi connectivity index (χ1) is 16.6. The maximum atomic E-state index is 12.3. The molecule has 13 heteroatoms. The Balaban J connectivity index is 1.46. The van der Waals surface area contributed by atoms with Crippen LogP contribution in [0.1, 0.15) is 39.9 Å². The van der Waals surface area contributed by atoms with Crippen molar-refractivity contribution in [2.24, 2.45) is 0 Å².